The lowest BCUT2D eigenvalue weighted by Crippen LogP contribution is -2.22. The predicted molar refractivity (Wildman–Crippen MR) is 90.6 cm³/mol. The molecule has 0 saturated carbocycles. The van der Waals surface area contributed by atoms with Crippen LogP contribution in [0.25, 0.3) is 6.08 Å². The molecule has 3 nitrogen and oxygen atoms in total. The van der Waals surface area contributed by atoms with E-state index in [1.54, 1.807) is 0 Å². The fourth-order valence-corrected chi connectivity index (χ4v) is 2.77. The van der Waals surface area contributed by atoms with E-state index in [-0.39, 0.29) is 12.6 Å². The summed E-state index contributed by atoms with van der Waals surface area (Å²) in [6.45, 7) is 6.55. The molecule has 25 heavy (non-hydrogen) atoms. The molecule has 0 aliphatic carbocycles. The van der Waals surface area contributed by atoms with Crippen molar-refractivity contribution >= 4 is 11.8 Å². The van der Waals surface area contributed by atoms with E-state index in [4.69, 9.17) is 4.74 Å². The number of hydrogen-bond acceptors (Lipinski definition) is 3. The van der Waals surface area contributed by atoms with Gasteiger partial charge in [0.15, 0.2) is 23.3 Å². The van der Waals surface area contributed by atoms with Crippen LogP contribution in [0, 0.1) is 23.3 Å². The SMILES string of the molecule is CCN(CC)CC=Cc1c(F)c(F)c(NCC2CCCO2)c(F)c1F. The third kappa shape index (κ3) is 4.73. The van der Waals surface area contributed by atoms with Crippen molar-refractivity contribution < 1.29 is 22.3 Å². The van der Waals surface area contributed by atoms with Gasteiger partial charge in [-0.15, -0.1) is 0 Å². The smallest absolute Gasteiger partial charge is 0.185 e. The van der Waals surface area contributed by atoms with Crippen LogP contribution in [0.15, 0.2) is 6.08 Å². The topological polar surface area (TPSA) is 24.5 Å². The maximum Gasteiger partial charge on any atom is 0.185 e. The number of nitrogens with one attached hydrogen (secondary N) is 1. The number of likely N-dealkylation sites (N-methyl/N-ethyl adjacent to an activating group) is 1. The molecule has 0 bridgehead atoms. The molecule has 0 amide bonds. The first-order valence-electron chi connectivity index (χ1n) is 8.59. The van der Waals surface area contributed by atoms with Crippen LogP contribution in [0.1, 0.15) is 32.3 Å². The maximum absolute atomic E-state index is 14.2. The molecule has 0 spiro atoms. The molecule has 1 aromatic rings. The highest BCUT2D eigenvalue weighted by molar-refractivity contribution is 5.59. The monoisotopic (exact) mass is 360 g/mol. The lowest BCUT2D eigenvalue weighted by molar-refractivity contribution is 0.120. The zero-order valence-electron chi connectivity index (χ0n) is 14.5. The summed E-state index contributed by atoms with van der Waals surface area (Å²) in [6, 6.07) is 0. The van der Waals surface area contributed by atoms with Crippen molar-refractivity contribution in [2.75, 3.05) is 38.1 Å². The molecule has 1 N–H and O–H groups in total. The van der Waals surface area contributed by atoms with E-state index in [1.807, 2.05) is 18.7 Å². The summed E-state index contributed by atoms with van der Waals surface area (Å²) in [5.41, 5.74) is -1.49. The van der Waals surface area contributed by atoms with Gasteiger partial charge in [-0.05, 0) is 25.9 Å². The van der Waals surface area contributed by atoms with E-state index in [0.29, 0.717) is 13.2 Å². The molecule has 0 aromatic heterocycles. The second kappa shape index (κ2) is 9.20. The number of benzene rings is 1. The Hall–Kier alpha value is -1.60. The number of hydrogen-bond donors (Lipinski definition) is 1. The van der Waals surface area contributed by atoms with Gasteiger partial charge in [0.05, 0.1) is 11.7 Å². The minimum Gasteiger partial charge on any atom is -0.378 e. The Balaban J connectivity index is 2.17. The molecule has 7 heteroatoms. The van der Waals surface area contributed by atoms with E-state index < -0.39 is 34.5 Å². The second-order valence-electron chi connectivity index (χ2n) is 5.95. The highest BCUT2D eigenvalue weighted by Crippen LogP contribution is 2.29. The van der Waals surface area contributed by atoms with Crippen molar-refractivity contribution in [2.45, 2.75) is 32.8 Å². The standard InChI is InChI=1S/C18H24F4N2O/c1-3-24(4-2)9-5-8-13-14(19)16(21)18(17(22)15(13)20)23-11-12-7-6-10-25-12/h5,8,12,23H,3-4,6-7,9-11H2,1-2H3. The molecule has 1 aliphatic rings. The van der Waals surface area contributed by atoms with Gasteiger partial charge in [0.2, 0.25) is 0 Å². The van der Waals surface area contributed by atoms with Crippen LogP contribution in [-0.4, -0.2) is 43.8 Å². The molecule has 1 saturated heterocycles. The highest BCUT2D eigenvalue weighted by Gasteiger charge is 2.25. The quantitative estimate of drug-likeness (QED) is 0.556. The summed E-state index contributed by atoms with van der Waals surface area (Å²) < 4.78 is 62.0. The fourth-order valence-electron chi connectivity index (χ4n) is 2.77. The molecule has 1 aliphatic heterocycles. The van der Waals surface area contributed by atoms with E-state index in [0.717, 1.165) is 32.0 Å². The van der Waals surface area contributed by atoms with Crippen molar-refractivity contribution in [3.63, 3.8) is 0 Å². The number of anilines is 1. The molecule has 1 aromatic carbocycles. The molecule has 140 valence electrons. The van der Waals surface area contributed by atoms with Gasteiger partial charge >= 0.3 is 0 Å². The van der Waals surface area contributed by atoms with E-state index in [9.17, 15) is 17.6 Å². The largest absolute Gasteiger partial charge is 0.378 e. The third-order valence-corrected chi connectivity index (χ3v) is 4.37. The van der Waals surface area contributed by atoms with Crippen LogP contribution >= 0.6 is 0 Å². The van der Waals surface area contributed by atoms with Gasteiger partial charge in [0.1, 0.15) is 5.69 Å². The van der Waals surface area contributed by atoms with Crippen LogP contribution < -0.4 is 5.32 Å². The van der Waals surface area contributed by atoms with E-state index in [1.165, 1.54) is 6.08 Å². The van der Waals surface area contributed by atoms with Crippen LogP contribution in [0.2, 0.25) is 0 Å². The Morgan fingerprint density at radius 3 is 2.24 bits per heavy atom. The third-order valence-electron chi connectivity index (χ3n) is 4.37. The fraction of sp³-hybridized carbons (Fsp3) is 0.556. The van der Waals surface area contributed by atoms with Crippen molar-refractivity contribution in [2.24, 2.45) is 0 Å². The maximum atomic E-state index is 14.2. The molecule has 1 heterocycles. The first-order valence-corrected chi connectivity index (χ1v) is 8.59. The second-order valence-corrected chi connectivity index (χ2v) is 5.95. The lowest BCUT2D eigenvalue weighted by Gasteiger charge is -2.16. The van der Waals surface area contributed by atoms with Crippen LogP contribution in [0.3, 0.4) is 0 Å². The Morgan fingerprint density at radius 2 is 1.72 bits per heavy atom. The Bertz CT molecular complexity index is 583. The summed E-state index contributed by atoms with van der Waals surface area (Å²) in [4.78, 5) is 2.00. The highest BCUT2D eigenvalue weighted by atomic mass is 19.2. The summed E-state index contributed by atoms with van der Waals surface area (Å²) in [5, 5.41) is 2.44. The van der Waals surface area contributed by atoms with Gasteiger partial charge in [-0.2, -0.15) is 0 Å². The molecular weight excluding hydrogens is 336 g/mol. The van der Waals surface area contributed by atoms with Crippen LogP contribution in [0.5, 0.6) is 0 Å². The number of halogens is 4. The van der Waals surface area contributed by atoms with Gasteiger partial charge in [0.25, 0.3) is 0 Å². The van der Waals surface area contributed by atoms with Gasteiger partial charge in [-0.1, -0.05) is 26.0 Å². The van der Waals surface area contributed by atoms with Crippen molar-refractivity contribution in [1.29, 1.82) is 0 Å². The Kier molecular flexibility index (Phi) is 7.25. The Labute approximate surface area is 145 Å². The lowest BCUT2D eigenvalue weighted by atomic mass is 10.1. The van der Waals surface area contributed by atoms with Gasteiger partial charge in [0, 0.05) is 19.7 Å². The summed E-state index contributed by atoms with van der Waals surface area (Å²) >= 11 is 0. The van der Waals surface area contributed by atoms with Crippen molar-refractivity contribution in [3.8, 4) is 0 Å². The van der Waals surface area contributed by atoms with Gasteiger partial charge in [-0.3, -0.25) is 0 Å². The number of rotatable bonds is 8. The molecule has 1 unspecified atom stereocenters. The number of nitrogens with zero attached hydrogens (tertiary/aromatic N) is 1. The molecule has 1 atom stereocenters. The first-order chi connectivity index (χ1) is 12.0. The van der Waals surface area contributed by atoms with Crippen LogP contribution in [0.4, 0.5) is 23.2 Å². The van der Waals surface area contributed by atoms with Gasteiger partial charge in [-0.25, -0.2) is 17.6 Å². The average Bonchev–Trinajstić information content (AvgIpc) is 3.13. The minimum absolute atomic E-state index is 0.101. The van der Waals surface area contributed by atoms with Gasteiger partial charge < -0.3 is 15.0 Å². The average molecular weight is 360 g/mol. The normalized spacial score (nSPS) is 17.8. The summed E-state index contributed by atoms with van der Waals surface area (Å²) in [6.07, 6.45) is 3.97. The minimum atomic E-state index is -1.42. The van der Waals surface area contributed by atoms with E-state index >= 15 is 0 Å². The van der Waals surface area contributed by atoms with Crippen LogP contribution in [-0.2, 0) is 4.74 Å². The number of ether oxygens (including phenoxy) is 1. The zero-order chi connectivity index (χ0) is 18.4. The van der Waals surface area contributed by atoms with E-state index in [2.05, 4.69) is 5.32 Å². The molecule has 1 fully saturated rings. The predicted octanol–water partition coefficient (Wildman–Crippen LogP) is 4.19. The summed E-state index contributed by atoms with van der Waals surface area (Å²) in [7, 11) is 0. The molecule has 2 rings (SSSR count). The molecule has 0 radical (unpaired) electrons. The first kappa shape index (κ1) is 19.7. The van der Waals surface area contributed by atoms with Crippen molar-refractivity contribution in [3.05, 3.63) is 34.9 Å². The zero-order valence-corrected chi connectivity index (χ0v) is 14.5. The summed E-state index contributed by atoms with van der Waals surface area (Å²) in [5.74, 6) is -5.63. The Morgan fingerprint density at radius 1 is 1.08 bits per heavy atom. The van der Waals surface area contributed by atoms with Crippen molar-refractivity contribution in [1.82, 2.24) is 4.90 Å². The molecular formula is C18H24F4N2O.